The summed E-state index contributed by atoms with van der Waals surface area (Å²) in [5, 5.41) is 0. The van der Waals surface area contributed by atoms with Gasteiger partial charge in [-0.3, -0.25) is 4.90 Å². The molecule has 0 fully saturated rings. The summed E-state index contributed by atoms with van der Waals surface area (Å²) < 4.78 is 5.36. The van der Waals surface area contributed by atoms with E-state index in [0.29, 0.717) is 6.54 Å². The Bertz CT molecular complexity index is 574. The molecule has 1 heterocycles. The van der Waals surface area contributed by atoms with Crippen LogP contribution in [-0.4, -0.2) is 18.5 Å². The Balaban J connectivity index is 2.18. The van der Waals surface area contributed by atoms with Gasteiger partial charge in [-0.2, -0.15) is 0 Å². The van der Waals surface area contributed by atoms with Gasteiger partial charge in [0.25, 0.3) is 0 Å². The van der Waals surface area contributed by atoms with E-state index in [1.165, 1.54) is 22.3 Å². The molecule has 2 N–H and O–H groups in total. The average molecular weight is 272 g/mol. The molecule has 1 aromatic heterocycles. The first kappa shape index (κ1) is 14.8. The van der Waals surface area contributed by atoms with E-state index >= 15 is 0 Å². The van der Waals surface area contributed by atoms with Gasteiger partial charge in [0.1, 0.15) is 5.76 Å². The molecule has 0 aliphatic heterocycles. The lowest BCUT2D eigenvalue weighted by Gasteiger charge is -2.27. The minimum Gasteiger partial charge on any atom is -0.469 e. The van der Waals surface area contributed by atoms with E-state index in [9.17, 15) is 0 Å². The Hall–Kier alpha value is -1.58. The second-order valence-electron chi connectivity index (χ2n) is 5.51. The van der Waals surface area contributed by atoms with E-state index in [1.54, 1.807) is 6.26 Å². The molecule has 0 saturated carbocycles. The predicted molar refractivity (Wildman–Crippen MR) is 82.6 cm³/mol. The number of furan rings is 1. The van der Waals surface area contributed by atoms with Crippen LogP contribution in [0.3, 0.4) is 0 Å². The van der Waals surface area contributed by atoms with E-state index in [0.717, 1.165) is 12.3 Å². The minimum atomic E-state index is 0.226. The molecule has 2 aromatic rings. The van der Waals surface area contributed by atoms with Gasteiger partial charge in [0, 0.05) is 24.7 Å². The van der Waals surface area contributed by atoms with Crippen LogP contribution in [0.2, 0.25) is 0 Å². The van der Waals surface area contributed by atoms with Crippen molar-refractivity contribution < 1.29 is 4.42 Å². The number of likely N-dealkylation sites (N-methyl/N-ethyl adjacent to an activating group) is 1. The summed E-state index contributed by atoms with van der Waals surface area (Å²) in [5.74, 6) is 0.979. The average Bonchev–Trinajstić information content (AvgIpc) is 2.80. The van der Waals surface area contributed by atoms with Crippen molar-refractivity contribution in [3.63, 3.8) is 0 Å². The molecule has 0 amide bonds. The molecule has 3 heteroatoms. The Morgan fingerprint density at radius 1 is 1.15 bits per heavy atom. The zero-order chi connectivity index (χ0) is 14.7. The first-order chi connectivity index (χ1) is 9.52. The van der Waals surface area contributed by atoms with Gasteiger partial charge in [-0.1, -0.05) is 18.2 Å². The summed E-state index contributed by atoms with van der Waals surface area (Å²) in [4.78, 5) is 2.28. The first-order valence-electron chi connectivity index (χ1n) is 7.03. The van der Waals surface area contributed by atoms with Crippen molar-refractivity contribution in [1.29, 1.82) is 0 Å². The quantitative estimate of drug-likeness (QED) is 0.907. The second kappa shape index (κ2) is 6.25. The van der Waals surface area contributed by atoms with Crippen molar-refractivity contribution in [1.82, 2.24) is 4.90 Å². The number of nitrogens with zero attached hydrogens (tertiary/aromatic N) is 1. The van der Waals surface area contributed by atoms with Crippen LogP contribution in [0.4, 0.5) is 0 Å². The minimum absolute atomic E-state index is 0.226. The van der Waals surface area contributed by atoms with Gasteiger partial charge in [0.2, 0.25) is 0 Å². The van der Waals surface area contributed by atoms with E-state index < -0.39 is 0 Å². The van der Waals surface area contributed by atoms with E-state index in [-0.39, 0.29) is 6.04 Å². The Morgan fingerprint density at radius 3 is 2.45 bits per heavy atom. The fourth-order valence-corrected chi connectivity index (χ4v) is 2.50. The lowest BCUT2D eigenvalue weighted by atomic mass is 10.00. The van der Waals surface area contributed by atoms with Crippen LogP contribution < -0.4 is 5.73 Å². The molecule has 0 spiro atoms. The van der Waals surface area contributed by atoms with Crippen LogP contribution >= 0.6 is 0 Å². The zero-order valence-electron chi connectivity index (χ0n) is 12.8. The van der Waals surface area contributed by atoms with Gasteiger partial charge < -0.3 is 10.2 Å². The number of nitrogens with two attached hydrogens (primary N) is 1. The standard InChI is InChI=1S/C17H24N2O/c1-12-5-6-15(9-13(12)2)17(10-18)19(4)11-16-7-8-20-14(16)3/h5-9,17H,10-11,18H2,1-4H3. The van der Waals surface area contributed by atoms with Gasteiger partial charge in [-0.05, 0) is 50.6 Å². The van der Waals surface area contributed by atoms with E-state index in [4.69, 9.17) is 10.2 Å². The Labute approximate surface area is 121 Å². The molecular weight excluding hydrogens is 248 g/mol. The highest BCUT2D eigenvalue weighted by Gasteiger charge is 2.17. The lowest BCUT2D eigenvalue weighted by molar-refractivity contribution is 0.240. The van der Waals surface area contributed by atoms with Gasteiger partial charge in [-0.15, -0.1) is 0 Å². The molecule has 1 aromatic carbocycles. The van der Waals surface area contributed by atoms with Crippen molar-refractivity contribution in [2.45, 2.75) is 33.4 Å². The van der Waals surface area contributed by atoms with Crippen molar-refractivity contribution in [2.24, 2.45) is 5.73 Å². The topological polar surface area (TPSA) is 42.4 Å². The summed E-state index contributed by atoms with van der Waals surface area (Å²) in [6.07, 6.45) is 1.74. The molecule has 1 unspecified atom stereocenters. The van der Waals surface area contributed by atoms with Crippen molar-refractivity contribution in [2.75, 3.05) is 13.6 Å². The van der Waals surface area contributed by atoms with E-state index in [1.807, 2.05) is 13.0 Å². The highest BCUT2D eigenvalue weighted by atomic mass is 16.3. The normalized spacial score (nSPS) is 12.9. The fraction of sp³-hybridized carbons (Fsp3) is 0.412. The van der Waals surface area contributed by atoms with Gasteiger partial charge in [-0.25, -0.2) is 0 Å². The third-order valence-corrected chi connectivity index (χ3v) is 4.06. The SMILES string of the molecule is Cc1ccc(C(CN)N(C)Cc2ccoc2C)cc1C. The molecule has 108 valence electrons. The number of benzene rings is 1. The van der Waals surface area contributed by atoms with Crippen molar-refractivity contribution in [3.05, 3.63) is 58.5 Å². The molecule has 0 saturated heterocycles. The molecule has 1 atom stereocenters. The summed E-state index contributed by atoms with van der Waals surface area (Å²) in [6, 6.07) is 8.84. The molecule has 0 aliphatic carbocycles. The second-order valence-corrected chi connectivity index (χ2v) is 5.51. The monoisotopic (exact) mass is 272 g/mol. The molecule has 20 heavy (non-hydrogen) atoms. The Morgan fingerprint density at radius 2 is 1.90 bits per heavy atom. The number of hydrogen-bond donors (Lipinski definition) is 1. The maximum absolute atomic E-state index is 6.00. The van der Waals surface area contributed by atoms with Crippen LogP contribution in [0.15, 0.2) is 34.9 Å². The van der Waals surface area contributed by atoms with Crippen molar-refractivity contribution in [3.8, 4) is 0 Å². The lowest BCUT2D eigenvalue weighted by Crippen LogP contribution is -2.30. The summed E-state index contributed by atoms with van der Waals surface area (Å²) in [5.41, 5.74) is 11.1. The van der Waals surface area contributed by atoms with Crippen LogP contribution in [0, 0.1) is 20.8 Å². The fourth-order valence-electron chi connectivity index (χ4n) is 2.50. The molecular formula is C17H24N2O. The number of rotatable bonds is 5. The zero-order valence-corrected chi connectivity index (χ0v) is 12.8. The Kier molecular flexibility index (Phi) is 4.63. The predicted octanol–water partition coefficient (Wildman–Crippen LogP) is 3.34. The summed E-state index contributed by atoms with van der Waals surface area (Å²) >= 11 is 0. The third kappa shape index (κ3) is 3.11. The highest BCUT2D eigenvalue weighted by molar-refractivity contribution is 5.32. The molecule has 3 nitrogen and oxygen atoms in total. The maximum atomic E-state index is 6.00. The van der Waals surface area contributed by atoms with Crippen LogP contribution in [0.1, 0.15) is 34.1 Å². The van der Waals surface area contributed by atoms with Gasteiger partial charge >= 0.3 is 0 Å². The molecule has 0 bridgehead atoms. The van der Waals surface area contributed by atoms with Crippen LogP contribution in [0.5, 0.6) is 0 Å². The molecule has 0 aliphatic rings. The summed E-state index contributed by atoms with van der Waals surface area (Å²) in [6.45, 7) is 7.73. The molecule has 2 rings (SSSR count). The van der Waals surface area contributed by atoms with E-state index in [2.05, 4.69) is 44.0 Å². The first-order valence-corrected chi connectivity index (χ1v) is 7.03. The van der Waals surface area contributed by atoms with Gasteiger partial charge in [0.15, 0.2) is 0 Å². The third-order valence-electron chi connectivity index (χ3n) is 4.06. The number of hydrogen-bond acceptors (Lipinski definition) is 3. The maximum Gasteiger partial charge on any atom is 0.105 e. The van der Waals surface area contributed by atoms with Gasteiger partial charge in [0.05, 0.1) is 6.26 Å². The largest absolute Gasteiger partial charge is 0.469 e. The van der Waals surface area contributed by atoms with Crippen LogP contribution in [-0.2, 0) is 6.54 Å². The van der Waals surface area contributed by atoms with Crippen LogP contribution in [0.25, 0.3) is 0 Å². The smallest absolute Gasteiger partial charge is 0.105 e. The molecule has 0 radical (unpaired) electrons. The highest BCUT2D eigenvalue weighted by Crippen LogP contribution is 2.23. The summed E-state index contributed by atoms with van der Waals surface area (Å²) in [7, 11) is 2.11. The number of aryl methyl sites for hydroxylation is 3. The van der Waals surface area contributed by atoms with Crippen molar-refractivity contribution >= 4 is 0 Å².